The van der Waals surface area contributed by atoms with E-state index in [9.17, 15) is 9.59 Å². The van der Waals surface area contributed by atoms with Gasteiger partial charge in [-0.15, -0.1) is 0 Å². The minimum absolute atomic E-state index is 0.0139. The van der Waals surface area contributed by atoms with E-state index in [1.54, 1.807) is 0 Å². The van der Waals surface area contributed by atoms with Gasteiger partial charge in [0, 0.05) is 6.04 Å². The second-order valence-electron chi connectivity index (χ2n) is 5.31. The highest BCUT2D eigenvalue weighted by atomic mass is 16.6. The summed E-state index contributed by atoms with van der Waals surface area (Å²) in [6, 6.07) is -0.288. The number of carbonyl (C=O) groups excluding carboxylic acids is 2. The second kappa shape index (κ2) is 5.49. The van der Waals surface area contributed by atoms with E-state index in [2.05, 4.69) is 10.1 Å². The van der Waals surface area contributed by atoms with Crippen LogP contribution in [0.5, 0.6) is 0 Å². The zero-order chi connectivity index (χ0) is 13.1. The molecule has 1 rings (SSSR count). The lowest BCUT2D eigenvalue weighted by atomic mass is 10.1. The molecule has 2 atom stereocenters. The fourth-order valence-corrected chi connectivity index (χ4v) is 1.82. The summed E-state index contributed by atoms with van der Waals surface area (Å²) in [6.45, 7) is 5.52. The number of hydrogen-bond acceptors (Lipinski definition) is 5. The molecule has 5 heteroatoms. The maximum atomic E-state index is 11.8. The van der Waals surface area contributed by atoms with E-state index in [1.165, 1.54) is 7.11 Å². The normalized spacial score (nSPS) is 24.5. The van der Waals surface area contributed by atoms with Crippen LogP contribution in [0.25, 0.3) is 0 Å². The van der Waals surface area contributed by atoms with Crippen LogP contribution in [0, 0.1) is 0 Å². The van der Waals surface area contributed by atoms with Crippen molar-refractivity contribution in [3.8, 4) is 0 Å². The topological polar surface area (TPSA) is 64.6 Å². The van der Waals surface area contributed by atoms with Crippen molar-refractivity contribution < 1.29 is 19.1 Å². The van der Waals surface area contributed by atoms with Gasteiger partial charge in [-0.25, -0.2) is 0 Å². The van der Waals surface area contributed by atoms with Gasteiger partial charge >= 0.3 is 11.9 Å². The van der Waals surface area contributed by atoms with Crippen molar-refractivity contribution in [3.05, 3.63) is 0 Å². The Hall–Kier alpha value is -1.10. The Labute approximate surface area is 102 Å². The quantitative estimate of drug-likeness (QED) is 0.749. The molecule has 1 fully saturated rings. The van der Waals surface area contributed by atoms with Gasteiger partial charge < -0.3 is 14.8 Å². The highest BCUT2D eigenvalue weighted by Crippen LogP contribution is 2.18. The minimum atomic E-state index is -0.473. The van der Waals surface area contributed by atoms with Gasteiger partial charge in [0.1, 0.15) is 11.6 Å². The molecule has 0 aromatic rings. The first-order valence-corrected chi connectivity index (χ1v) is 5.87. The van der Waals surface area contributed by atoms with Gasteiger partial charge in [-0.1, -0.05) is 0 Å². The molecule has 0 bridgehead atoms. The smallest absolute Gasteiger partial charge is 0.323 e. The number of rotatable bonds is 3. The van der Waals surface area contributed by atoms with E-state index in [0.717, 1.165) is 6.42 Å². The van der Waals surface area contributed by atoms with Crippen LogP contribution >= 0.6 is 0 Å². The second-order valence-corrected chi connectivity index (χ2v) is 5.31. The van der Waals surface area contributed by atoms with Crippen LogP contribution in [-0.2, 0) is 19.1 Å². The summed E-state index contributed by atoms with van der Waals surface area (Å²) in [7, 11) is 1.36. The highest BCUT2D eigenvalue weighted by Gasteiger charge is 2.33. The van der Waals surface area contributed by atoms with Gasteiger partial charge in [-0.2, -0.15) is 0 Å². The summed E-state index contributed by atoms with van der Waals surface area (Å²) in [4.78, 5) is 22.9. The average molecular weight is 243 g/mol. The Balaban J connectivity index is 2.39. The maximum absolute atomic E-state index is 11.8. The molecule has 0 amide bonds. The molecule has 1 saturated heterocycles. The van der Waals surface area contributed by atoms with Crippen molar-refractivity contribution in [1.82, 2.24) is 5.32 Å². The average Bonchev–Trinajstić information content (AvgIpc) is 2.63. The lowest BCUT2D eigenvalue weighted by molar-refractivity contribution is -0.157. The first kappa shape index (κ1) is 14.0. The molecule has 1 N–H and O–H groups in total. The number of carbonyl (C=O) groups is 2. The summed E-state index contributed by atoms with van der Waals surface area (Å²) in [5.41, 5.74) is -0.473. The molecule has 0 aromatic carbocycles. The summed E-state index contributed by atoms with van der Waals surface area (Å²) < 4.78 is 9.88. The number of esters is 2. The first-order valence-electron chi connectivity index (χ1n) is 5.87. The van der Waals surface area contributed by atoms with E-state index < -0.39 is 5.60 Å². The molecule has 17 heavy (non-hydrogen) atoms. The van der Waals surface area contributed by atoms with Gasteiger partial charge in [0.25, 0.3) is 0 Å². The molecular formula is C12H21NO4. The predicted molar refractivity (Wildman–Crippen MR) is 62.4 cm³/mol. The molecule has 0 saturated carbocycles. The first-order chi connectivity index (χ1) is 7.81. The Morgan fingerprint density at radius 3 is 2.47 bits per heavy atom. The van der Waals surface area contributed by atoms with E-state index in [4.69, 9.17) is 4.74 Å². The summed E-state index contributed by atoms with van der Waals surface area (Å²) in [5, 5.41) is 3.10. The Morgan fingerprint density at radius 2 is 1.94 bits per heavy atom. The number of nitrogens with one attached hydrogen (secondary N) is 1. The maximum Gasteiger partial charge on any atom is 0.323 e. The molecule has 0 aliphatic carbocycles. The van der Waals surface area contributed by atoms with Crippen LogP contribution in [0.4, 0.5) is 0 Å². The Kier molecular flexibility index (Phi) is 4.51. The third kappa shape index (κ3) is 4.73. The summed E-state index contributed by atoms with van der Waals surface area (Å²) >= 11 is 0. The fraction of sp³-hybridized carbons (Fsp3) is 0.833. The molecular weight excluding hydrogens is 222 g/mol. The molecule has 5 nitrogen and oxygen atoms in total. The Morgan fingerprint density at radius 1 is 1.29 bits per heavy atom. The van der Waals surface area contributed by atoms with E-state index >= 15 is 0 Å². The SMILES string of the molecule is COC(=O)C[C@H]1CC[C@@H](C(=O)OC(C)(C)C)N1. The molecule has 0 radical (unpaired) electrons. The van der Waals surface area contributed by atoms with Gasteiger partial charge in [0.15, 0.2) is 0 Å². The van der Waals surface area contributed by atoms with E-state index in [-0.39, 0.29) is 24.0 Å². The summed E-state index contributed by atoms with van der Waals surface area (Å²) in [6.07, 6.45) is 1.80. The van der Waals surface area contributed by atoms with Gasteiger partial charge in [-0.05, 0) is 33.6 Å². The highest BCUT2D eigenvalue weighted by molar-refractivity contribution is 5.77. The van der Waals surface area contributed by atoms with E-state index in [1.807, 2.05) is 20.8 Å². The van der Waals surface area contributed by atoms with Crippen molar-refractivity contribution in [2.24, 2.45) is 0 Å². The zero-order valence-electron chi connectivity index (χ0n) is 10.9. The van der Waals surface area contributed by atoms with Crippen molar-refractivity contribution in [1.29, 1.82) is 0 Å². The van der Waals surface area contributed by atoms with Crippen LogP contribution in [0.2, 0.25) is 0 Å². The molecule has 1 aliphatic heterocycles. The molecule has 0 spiro atoms. The van der Waals surface area contributed by atoms with Crippen molar-refractivity contribution in [2.45, 2.75) is 57.7 Å². The number of hydrogen-bond donors (Lipinski definition) is 1. The predicted octanol–water partition coefficient (Wildman–Crippen LogP) is 1.01. The van der Waals surface area contributed by atoms with Crippen molar-refractivity contribution >= 4 is 11.9 Å². The summed E-state index contributed by atoms with van der Waals surface area (Å²) in [5.74, 6) is -0.503. The van der Waals surface area contributed by atoms with Crippen LogP contribution in [0.3, 0.4) is 0 Å². The molecule has 0 aromatic heterocycles. The van der Waals surface area contributed by atoms with Gasteiger partial charge in [0.2, 0.25) is 0 Å². The van der Waals surface area contributed by atoms with Gasteiger partial charge in [0.05, 0.1) is 13.5 Å². The third-order valence-electron chi connectivity index (χ3n) is 2.57. The van der Waals surface area contributed by atoms with Crippen LogP contribution in [-0.4, -0.2) is 36.7 Å². The molecule has 0 unspecified atom stereocenters. The monoisotopic (exact) mass is 243 g/mol. The van der Waals surface area contributed by atoms with Gasteiger partial charge in [-0.3, -0.25) is 9.59 Å². The Bertz CT molecular complexity index is 295. The van der Waals surface area contributed by atoms with Crippen molar-refractivity contribution in [2.75, 3.05) is 7.11 Å². The zero-order valence-corrected chi connectivity index (χ0v) is 10.9. The minimum Gasteiger partial charge on any atom is -0.469 e. The standard InChI is InChI=1S/C12H21NO4/c1-12(2,3)17-11(15)9-6-5-8(13-9)7-10(14)16-4/h8-9,13H,5-7H2,1-4H3/t8-,9+/m1/s1. The van der Waals surface area contributed by atoms with E-state index in [0.29, 0.717) is 12.8 Å². The van der Waals surface area contributed by atoms with Crippen LogP contribution in [0.15, 0.2) is 0 Å². The van der Waals surface area contributed by atoms with Crippen molar-refractivity contribution in [3.63, 3.8) is 0 Å². The van der Waals surface area contributed by atoms with Crippen LogP contribution in [0.1, 0.15) is 40.0 Å². The molecule has 1 aliphatic rings. The number of methoxy groups -OCH3 is 1. The largest absolute Gasteiger partial charge is 0.469 e. The number of ether oxygens (including phenoxy) is 2. The third-order valence-corrected chi connectivity index (χ3v) is 2.57. The molecule has 1 heterocycles. The fourth-order valence-electron chi connectivity index (χ4n) is 1.82. The lowest BCUT2D eigenvalue weighted by Gasteiger charge is -2.22. The lowest BCUT2D eigenvalue weighted by Crippen LogP contribution is -2.40. The molecule has 98 valence electrons. The van der Waals surface area contributed by atoms with Crippen LogP contribution < -0.4 is 5.32 Å².